The first kappa shape index (κ1) is 17.8. The summed E-state index contributed by atoms with van der Waals surface area (Å²) in [5.41, 5.74) is 4.87. The second-order valence-corrected chi connectivity index (χ2v) is 6.08. The largest absolute Gasteiger partial charge is 0.496 e. The number of carbonyl (C=O) groups is 1. The predicted octanol–water partition coefficient (Wildman–Crippen LogP) is 3.74. The van der Waals surface area contributed by atoms with Crippen LogP contribution in [0.4, 0.5) is 0 Å². The van der Waals surface area contributed by atoms with E-state index in [2.05, 4.69) is 15.5 Å². The summed E-state index contributed by atoms with van der Waals surface area (Å²) in [6.45, 7) is 0. The minimum absolute atomic E-state index is 0.167. The molecule has 3 rings (SSSR count). The first-order chi connectivity index (χ1) is 12.8. The number of nitrogens with zero attached hydrogens (tertiary/aromatic N) is 2. The maximum absolute atomic E-state index is 11.8. The third kappa shape index (κ3) is 4.73. The van der Waals surface area contributed by atoms with Crippen molar-refractivity contribution in [2.45, 2.75) is 5.22 Å². The Kier molecular flexibility index (Phi) is 6.05. The number of benzene rings is 2. The highest BCUT2D eigenvalue weighted by molar-refractivity contribution is 7.99. The van der Waals surface area contributed by atoms with Crippen molar-refractivity contribution >= 4 is 41.1 Å². The topological polar surface area (TPSA) is 76.7 Å². The molecular formula is C19H17N3O3S. The van der Waals surface area contributed by atoms with Gasteiger partial charge in [0.1, 0.15) is 11.3 Å². The van der Waals surface area contributed by atoms with Crippen molar-refractivity contribution in [2.24, 2.45) is 5.10 Å². The summed E-state index contributed by atoms with van der Waals surface area (Å²) in [5.74, 6) is 0.704. The Morgan fingerprint density at radius 1 is 1.27 bits per heavy atom. The molecule has 1 heterocycles. The van der Waals surface area contributed by atoms with Gasteiger partial charge in [0.15, 0.2) is 5.58 Å². The lowest BCUT2D eigenvalue weighted by molar-refractivity contribution is -0.118. The van der Waals surface area contributed by atoms with Crippen LogP contribution in [-0.2, 0) is 4.79 Å². The normalized spacial score (nSPS) is 11.4. The summed E-state index contributed by atoms with van der Waals surface area (Å²) in [4.78, 5) is 16.1. The van der Waals surface area contributed by atoms with Crippen molar-refractivity contribution in [3.05, 3.63) is 60.2 Å². The number of methoxy groups -OCH3 is 1. The highest BCUT2D eigenvalue weighted by Gasteiger charge is 2.08. The van der Waals surface area contributed by atoms with Crippen LogP contribution in [0.5, 0.6) is 5.75 Å². The van der Waals surface area contributed by atoms with Crippen LogP contribution in [0.3, 0.4) is 0 Å². The van der Waals surface area contributed by atoms with E-state index >= 15 is 0 Å². The molecule has 6 nitrogen and oxygen atoms in total. The second-order valence-electron chi connectivity index (χ2n) is 5.15. The molecule has 0 spiro atoms. The van der Waals surface area contributed by atoms with E-state index < -0.39 is 0 Å². The van der Waals surface area contributed by atoms with Gasteiger partial charge in [0.25, 0.3) is 11.1 Å². The first-order valence-electron chi connectivity index (χ1n) is 7.86. The van der Waals surface area contributed by atoms with Crippen LogP contribution in [0.25, 0.3) is 17.2 Å². The Morgan fingerprint density at radius 2 is 2.08 bits per heavy atom. The van der Waals surface area contributed by atoms with E-state index in [1.54, 1.807) is 13.2 Å². The lowest BCUT2D eigenvalue weighted by Gasteiger charge is -2.02. The number of hydrazone groups is 1. The number of rotatable bonds is 7. The van der Waals surface area contributed by atoms with Crippen molar-refractivity contribution in [1.82, 2.24) is 10.4 Å². The average molecular weight is 367 g/mol. The van der Waals surface area contributed by atoms with E-state index in [1.165, 1.54) is 18.0 Å². The van der Waals surface area contributed by atoms with Gasteiger partial charge in [-0.1, -0.05) is 42.1 Å². The Morgan fingerprint density at radius 3 is 2.92 bits per heavy atom. The number of carbonyl (C=O) groups excluding carboxylic acids is 1. The molecule has 0 aliphatic rings. The van der Waals surface area contributed by atoms with Crippen LogP contribution in [0, 0.1) is 0 Å². The minimum Gasteiger partial charge on any atom is -0.496 e. The smallest absolute Gasteiger partial charge is 0.257 e. The summed E-state index contributed by atoms with van der Waals surface area (Å²) >= 11 is 1.22. The molecule has 3 aromatic rings. The number of para-hydroxylation sites is 3. The molecule has 0 radical (unpaired) electrons. The third-order valence-corrected chi connectivity index (χ3v) is 4.19. The summed E-state index contributed by atoms with van der Waals surface area (Å²) in [6.07, 6.45) is 5.09. The molecule has 7 heteroatoms. The van der Waals surface area contributed by atoms with Gasteiger partial charge in [0, 0.05) is 11.8 Å². The Bertz CT molecular complexity index is 917. The average Bonchev–Trinajstić information content (AvgIpc) is 3.09. The van der Waals surface area contributed by atoms with Gasteiger partial charge in [-0.3, -0.25) is 4.79 Å². The molecule has 0 unspecified atom stereocenters. The minimum atomic E-state index is -0.237. The summed E-state index contributed by atoms with van der Waals surface area (Å²) in [7, 11) is 1.62. The molecule has 1 amide bonds. The maximum Gasteiger partial charge on any atom is 0.257 e. The van der Waals surface area contributed by atoms with Gasteiger partial charge in [0.2, 0.25) is 0 Å². The molecule has 2 aromatic carbocycles. The number of aromatic nitrogens is 1. The van der Waals surface area contributed by atoms with Crippen molar-refractivity contribution in [3.63, 3.8) is 0 Å². The number of nitrogens with one attached hydrogen (secondary N) is 1. The fraction of sp³-hybridized carbons (Fsp3) is 0.105. The van der Waals surface area contributed by atoms with Crippen molar-refractivity contribution in [2.75, 3.05) is 12.9 Å². The monoisotopic (exact) mass is 367 g/mol. The third-order valence-electron chi connectivity index (χ3n) is 3.37. The maximum atomic E-state index is 11.8. The molecule has 132 valence electrons. The summed E-state index contributed by atoms with van der Waals surface area (Å²) < 4.78 is 10.8. The van der Waals surface area contributed by atoms with Crippen LogP contribution in [0.1, 0.15) is 5.56 Å². The molecule has 1 N–H and O–H groups in total. The highest BCUT2D eigenvalue weighted by atomic mass is 32.2. The zero-order valence-corrected chi connectivity index (χ0v) is 14.9. The number of ether oxygens (including phenoxy) is 1. The first-order valence-corrected chi connectivity index (χ1v) is 8.85. The molecule has 0 bridgehead atoms. The molecular weight excluding hydrogens is 350 g/mol. The molecule has 0 saturated heterocycles. The van der Waals surface area contributed by atoms with Gasteiger partial charge in [-0.05, 0) is 30.4 Å². The Balaban J connectivity index is 1.46. The van der Waals surface area contributed by atoms with Gasteiger partial charge >= 0.3 is 0 Å². The van der Waals surface area contributed by atoms with Gasteiger partial charge in [0.05, 0.1) is 12.9 Å². The second kappa shape index (κ2) is 8.87. The number of thioether (sulfide) groups is 1. The molecule has 0 saturated carbocycles. The predicted molar refractivity (Wildman–Crippen MR) is 103 cm³/mol. The van der Waals surface area contributed by atoms with Crippen molar-refractivity contribution in [3.8, 4) is 5.75 Å². The van der Waals surface area contributed by atoms with E-state index in [9.17, 15) is 4.79 Å². The van der Waals surface area contributed by atoms with Gasteiger partial charge in [-0.2, -0.15) is 5.10 Å². The zero-order valence-electron chi connectivity index (χ0n) is 14.1. The lowest BCUT2D eigenvalue weighted by Crippen LogP contribution is -2.19. The highest BCUT2D eigenvalue weighted by Crippen LogP contribution is 2.22. The van der Waals surface area contributed by atoms with Crippen LogP contribution in [0.15, 0.2) is 69.3 Å². The number of hydrogen-bond acceptors (Lipinski definition) is 6. The quantitative estimate of drug-likeness (QED) is 0.391. The lowest BCUT2D eigenvalue weighted by atomic mass is 10.2. The number of oxazole rings is 1. The molecule has 1 aromatic heterocycles. The van der Waals surface area contributed by atoms with Crippen molar-refractivity contribution in [1.29, 1.82) is 0 Å². The van der Waals surface area contributed by atoms with Gasteiger partial charge < -0.3 is 9.15 Å². The number of fused-ring (bicyclic) bond motifs is 1. The van der Waals surface area contributed by atoms with E-state index in [4.69, 9.17) is 9.15 Å². The van der Waals surface area contributed by atoms with E-state index in [1.807, 2.05) is 54.6 Å². The Labute approximate surface area is 154 Å². The van der Waals surface area contributed by atoms with Gasteiger partial charge in [-0.15, -0.1) is 0 Å². The fourth-order valence-corrected chi connectivity index (χ4v) is 2.81. The van der Waals surface area contributed by atoms with Crippen LogP contribution < -0.4 is 10.2 Å². The molecule has 0 fully saturated rings. The standard InChI is InChI=1S/C19H17N3O3S/c1-24-16-10-4-2-7-14(16)8-6-12-20-22-18(23)13-26-19-21-15-9-3-5-11-17(15)25-19/h2-12H,13H2,1H3,(H,22,23)/b8-6-,20-12-. The SMILES string of the molecule is COc1ccccc1/C=C\C=N/NC(=O)CSc1nc2ccccc2o1. The number of hydrogen-bond donors (Lipinski definition) is 1. The Hall–Kier alpha value is -3.06. The molecule has 0 atom stereocenters. The molecule has 0 aliphatic heterocycles. The van der Waals surface area contributed by atoms with E-state index in [-0.39, 0.29) is 11.7 Å². The summed E-state index contributed by atoms with van der Waals surface area (Å²) in [6, 6.07) is 15.1. The fourth-order valence-electron chi connectivity index (χ4n) is 2.18. The number of allylic oxidation sites excluding steroid dienone is 1. The van der Waals surface area contributed by atoms with E-state index in [0.717, 1.165) is 16.8 Å². The van der Waals surface area contributed by atoms with Crippen LogP contribution in [-0.4, -0.2) is 30.0 Å². The molecule has 26 heavy (non-hydrogen) atoms. The number of amides is 1. The summed E-state index contributed by atoms with van der Waals surface area (Å²) in [5, 5.41) is 4.34. The molecule has 0 aliphatic carbocycles. The van der Waals surface area contributed by atoms with Gasteiger partial charge in [-0.25, -0.2) is 10.4 Å². The van der Waals surface area contributed by atoms with Crippen molar-refractivity contribution < 1.29 is 13.9 Å². The zero-order chi connectivity index (χ0) is 18.2. The van der Waals surface area contributed by atoms with Crippen LogP contribution >= 0.6 is 11.8 Å². The van der Waals surface area contributed by atoms with Crippen LogP contribution in [0.2, 0.25) is 0 Å². The van der Waals surface area contributed by atoms with E-state index in [0.29, 0.717) is 10.8 Å².